The normalized spacial score (nSPS) is 11.5. The Hall–Kier alpha value is -2.97. The van der Waals surface area contributed by atoms with E-state index in [9.17, 15) is 10.1 Å². The molecule has 0 aromatic carbocycles. The number of hydrogen-bond donors (Lipinski definition) is 2. The summed E-state index contributed by atoms with van der Waals surface area (Å²) in [5.41, 5.74) is 6.12. The van der Waals surface area contributed by atoms with E-state index in [1.54, 1.807) is 19.2 Å². The molecule has 2 rings (SSSR count). The standard InChI is InChI=1S/C10H10N6O3/c1-6-2-3-15(13-6)10-8(9(11)14-17)4-7(5-12-10)16(18)19/h2-5,17H,1H3,(H2,11,14). The minimum Gasteiger partial charge on any atom is -0.409 e. The van der Waals surface area contributed by atoms with Crippen molar-refractivity contribution in [3.63, 3.8) is 0 Å². The Kier molecular flexibility index (Phi) is 3.10. The third-order valence-electron chi connectivity index (χ3n) is 2.39. The van der Waals surface area contributed by atoms with Gasteiger partial charge in [-0.3, -0.25) is 10.1 Å². The monoisotopic (exact) mass is 262 g/mol. The lowest BCUT2D eigenvalue weighted by Gasteiger charge is -2.06. The molecule has 2 aromatic rings. The van der Waals surface area contributed by atoms with Crippen molar-refractivity contribution in [1.29, 1.82) is 0 Å². The van der Waals surface area contributed by atoms with Crippen molar-refractivity contribution in [2.45, 2.75) is 6.92 Å². The van der Waals surface area contributed by atoms with Crippen LogP contribution in [-0.2, 0) is 0 Å². The second-order valence-electron chi connectivity index (χ2n) is 3.71. The molecule has 9 heteroatoms. The number of aromatic nitrogens is 3. The second kappa shape index (κ2) is 4.72. The average Bonchev–Trinajstić information content (AvgIpc) is 2.83. The first kappa shape index (κ1) is 12.5. The van der Waals surface area contributed by atoms with Gasteiger partial charge in [0, 0.05) is 12.3 Å². The lowest BCUT2D eigenvalue weighted by atomic mass is 10.2. The quantitative estimate of drug-likeness (QED) is 0.273. The first-order valence-corrected chi connectivity index (χ1v) is 5.18. The molecule has 2 aromatic heterocycles. The van der Waals surface area contributed by atoms with Crippen LogP contribution in [0.1, 0.15) is 11.3 Å². The van der Waals surface area contributed by atoms with E-state index in [4.69, 9.17) is 10.9 Å². The third-order valence-corrected chi connectivity index (χ3v) is 2.39. The molecule has 0 fully saturated rings. The molecule has 98 valence electrons. The molecule has 0 aliphatic carbocycles. The fourth-order valence-electron chi connectivity index (χ4n) is 1.50. The van der Waals surface area contributed by atoms with Gasteiger partial charge in [0.2, 0.25) is 0 Å². The summed E-state index contributed by atoms with van der Waals surface area (Å²) >= 11 is 0. The Morgan fingerprint density at radius 3 is 2.89 bits per heavy atom. The van der Waals surface area contributed by atoms with Crippen LogP contribution < -0.4 is 5.73 Å². The first-order valence-electron chi connectivity index (χ1n) is 5.18. The smallest absolute Gasteiger partial charge is 0.288 e. The number of amidine groups is 1. The molecule has 0 spiro atoms. The van der Waals surface area contributed by atoms with Crippen LogP contribution in [0.15, 0.2) is 29.7 Å². The molecule has 0 radical (unpaired) electrons. The molecule has 9 nitrogen and oxygen atoms in total. The van der Waals surface area contributed by atoms with Crippen LogP contribution in [0.25, 0.3) is 5.82 Å². The zero-order chi connectivity index (χ0) is 14.0. The van der Waals surface area contributed by atoms with Crippen molar-refractivity contribution in [3.05, 3.63) is 45.9 Å². The van der Waals surface area contributed by atoms with Gasteiger partial charge in [0.05, 0.1) is 16.2 Å². The second-order valence-corrected chi connectivity index (χ2v) is 3.71. The summed E-state index contributed by atoms with van der Waals surface area (Å²) in [4.78, 5) is 14.0. The molecule has 0 saturated heterocycles. The molecule has 0 unspecified atom stereocenters. The maximum atomic E-state index is 10.7. The molecule has 0 bridgehead atoms. The molecule has 2 heterocycles. The fraction of sp³-hybridized carbons (Fsp3) is 0.100. The van der Waals surface area contributed by atoms with Gasteiger partial charge >= 0.3 is 0 Å². The average molecular weight is 262 g/mol. The Bertz CT molecular complexity index is 663. The van der Waals surface area contributed by atoms with Crippen LogP contribution in [-0.4, -0.2) is 30.7 Å². The zero-order valence-corrected chi connectivity index (χ0v) is 9.89. The van der Waals surface area contributed by atoms with E-state index in [0.29, 0.717) is 0 Å². The number of pyridine rings is 1. The maximum absolute atomic E-state index is 10.7. The number of nitrogens with zero attached hydrogens (tertiary/aromatic N) is 5. The Balaban J connectivity index is 2.63. The summed E-state index contributed by atoms with van der Waals surface area (Å²) in [6, 6.07) is 2.91. The van der Waals surface area contributed by atoms with Crippen LogP contribution >= 0.6 is 0 Å². The Morgan fingerprint density at radius 2 is 2.37 bits per heavy atom. The van der Waals surface area contributed by atoms with Gasteiger partial charge in [-0.15, -0.1) is 0 Å². The van der Waals surface area contributed by atoms with E-state index in [1.165, 1.54) is 10.7 Å². The molecule has 0 aliphatic rings. The zero-order valence-electron chi connectivity index (χ0n) is 9.89. The molecular formula is C10H10N6O3. The molecule has 3 N–H and O–H groups in total. The summed E-state index contributed by atoms with van der Waals surface area (Å²) in [5, 5.41) is 26.4. The van der Waals surface area contributed by atoms with Crippen molar-refractivity contribution >= 4 is 11.5 Å². The number of oxime groups is 1. The predicted molar refractivity (Wildman–Crippen MR) is 65.3 cm³/mol. The van der Waals surface area contributed by atoms with Crippen molar-refractivity contribution in [2.75, 3.05) is 0 Å². The molecule has 0 amide bonds. The van der Waals surface area contributed by atoms with Crippen LogP contribution in [0.4, 0.5) is 5.69 Å². The highest BCUT2D eigenvalue weighted by Crippen LogP contribution is 2.18. The van der Waals surface area contributed by atoms with E-state index in [0.717, 1.165) is 11.9 Å². The SMILES string of the molecule is Cc1ccn(-c2ncc([N+](=O)[O-])cc2C(N)=NO)n1. The van der Waals surface area contributed by atoms with Crippen LogP contribution in [0.5, 0.6) is 0 Å². The van der Waals surface area contributed by atoms with E-state index in [2.05, 4.69) is 15.2 Å². The van der Waals surface area contributed by atoms with Gasteiger partial charge < -0.3 is 10.9 Å². The lowest BCUT2D eigenvalue weighted by molar-refractivity contribution is -0.385. The number of nitrogens with two attached hydrogens (primary N) is 1. The number of nitro groups is 1. The number of hydrogen-bond acceptors (Lipinski definition) is 6. The Labute approximate surface area is 107 Å². The van der Waals surface area contributed by atoms with Crippen molar-refractivity contribution in [2.24, 2.45) is 10.9 Å². The molecule has 0 saturated carbocycles. The highest BCUT2D eigenvalue weighted by atomic mass is 16.6. The minimum absolute atomic E-state index is 0.125. The van der Waals surface area contributed by atoms with Gasteiger partial charge in [0.1, 0.15) is 6.20 Å². The Morgan fingerprint density at radius 1 is 1.63 bits per heavy atom. The van der Waals surface area contributed by atoms with E-state index in [1.807, 2.05) is 0 Å². The van der Waals surface area contributed by atoms with Gasteiger partial charge in [-0.25, -0.2) is 9.67 Å². The van der Waals surface area contributed by atoms with Gasteiger partial charge in [0.25, 0.3) is 5.69 Å². The molecular weight excluding hydrogens is 252 g/mol. The highest BCUT2D eigenvalue weighted by Gasteiger charge is 2.17. The van der Waals surface area contributed by atoms with Gasteiger partial charge in [-0.05, 0) is 13.0 Å². The van der Waals surface area contributed by atoms with Crippen LogP contribution in [0, 0.1) is 17.0 Å². The van der Waals surface area contributed by atoms with E-state index >= 15 is 0 Å². The van der Waals surface area contributed by atoms with Crippen LogP contribution in [0.2, 0.25) is 0 Å². The third kappa shape index (κ3) is 2.34. The summed E-state index contributed by atoms with van der Waals surface area (Å²) in [6.45, 7) is 1.78. The summed E-state index contributed by atoms with van der Waals surface area (Å²) in [5.74, 6) is -0.0339. The lowest BCUT2D eigenvalue weighted by Crippen LogP contribution is -2.18. The van der Waals surface area contributed by atoms with Gasteiger partial charge in [0.15, 0.2) is 11.7 Å². The van der Waals surface area contributed by atoms with Crippen LogP contribution in [0.3, 0.4) is 0 Å². The number of aryl methyl sites for hydroxylation is 1. The maximum Gasteiger partial charge on any atom is 0.288 e. The van der Waals surface area contributed by atoms with Crippen molar-refractivity contribution < 1.29 is 10.1 Å². The highest BCUT2D eigenvalue weighted by molar-refractivity contribution is 6.00. The molecule has 19 heavy (non-hydrogen) atoms. The predicted octanol–water partition coefficient (Wildman–Crippen LogP) is 0.578. The van der Waals surface area contributed by atoms with Crippen molar-refractivity contribution in [3.8, 4) is 5.82 Å². The topological polar surface area (TPSA) is 132 Å². The van der Waals surface area contributed by atoms with E-state index in [-0.39, 0.29) is 22.9 Å². The molecule has 0 atom stereocenters. The van der Waals surface area contributed by atoms with E-state index < -0.39 is 4.92 Å². The minimum atomic E-state index is -0.612. The molecule has 0 aliphatic heterocycles. The largest absolute Gasteiger partial charge is 0.409 e. The van der Waals surface area contributed by atoms with Crippen molar-refractivity contribution in [1.82, 2.24) is 14.8 Å². The number of rotatable bonds is 3. The first-order chi connectivity index (χ1) is 9.02. The van der Waals surface area contributed by atoms with Gasteiger partial charge in [-0.1, -0.05) is 5.16 Å². The summed E-state index contributed by atoms with van der Waals surface area (Å²) < 4.78 is 1.40. The summed E-state index contributed by atoms with van der Waals surface area (Å²) in [6.07, 6.45) is 2.71. The summed E-state index contributed by atoms with van der Waals surface area (Å²) in [7, 11) is 0. The van der Waals surface area contributed by atoms with Gasteiger partial charge in [-0.2, -0.15) is 5.10 Å². The fourth-order valence-corrected chi connectivity index (χ4v) is 1.50.